The summed E-state index contributed by atoms with van der Waals surface area (Å²) in [5.74, 6) is -24.5. The first-order chi connectivity index (χ1) is 5.90. The molecule has 0 atom stereocenters. The molecule has 1 saturated carbocycles. The molecule has 1 rings (SSSR count). The van der Waals surface area contributed by atoms with Crippen molar-refractivity contribution in [2.45, 2.75) is 23.7 Å². The molecule has 0 heterocycles. The second-order valence-corrected chi connectivity index (χ2v) is 2.65. The molecule has 1 aliphatic carbocycles. The van der Waals surface area contributed by atoms with E-state index in [1.165, 1.54) is 0 Å². The Balaban J connectivity index is 3.38. The Morgan fingerprint density at radius 3 is 0.929 bits per heavy atom. The topological polar surface area (TPSA) is 20.2 Å². The van der Waals surface area contributed by atoms with E-state index in [9.17, 15) is 35.1 Å². The van der Waals surface area contributed by atoms with Crippen molar-refractivity contribution in [3.8, 4) is 0 Å². The van der Waals surface area contributed by atoms with Gasteiger partial charge in [-0.05, 0) is 0 Å². The van der Waals surface area contributed by atoms with E-state index in [-0.39, 0.29) is 0 Å². The summed E-state index contributed by atoms with van der Waals surface area (Å²) in [5.41, 5.74) is 0. The van der Waals surface area contributed by atoms with Crippen LogP contribution in [0.15, 0.2) is 0 Å². The van der Waals surface area contributed by atoms with Gasteiger partial charge in [-0.2, -0.15) is 35.1 Å². The van der Waals surface area contributed by atoms with Crippen LogP contribution in [0.4, 0.5) is 35.1 Å². The van der Waals surface area contributed by atoms with Gasteiger partial charge in [0.15, 0.2) is 0 Å². The van der Waals surface area contributed by atoms with Gasteiger partial charge in [0, 0.05) is 0 Å². The van der Waals surface area contributed by atoms with Gasteiger partial charge in [-0.25, -0.2) is 0 Å². The zero-order valence-electron chi connectivity index (χ0n) is 5.97. The summed E-state index contributed by atoms with van der Waals surface area (Å²) in [6.07, 6.45) is -3.51. The van der Waals surface area contributed by atoms with Crippen LogP contribution >= 0.6 is 0 Å². The molecule has 0 aromatic heterocycles. The normalized spacial score (nSPS) is 33.2. The van der Waals surface area contributed by atoms with E-state index >= 15 is 0 Å². The SMILES string of the molecule is O[C]1C(F)(F)C(F)(F)C(F)(F)C1(F)F. The first kappa shape index (κ1) is 11.5. The van der Waals surface area contributed by atoms with Crippen LogP contribution in [0.5, 0.6) is 0 Å². The first-order valence-electron chi connectivity index (χ1n) is 2.99. The number of alkyl halides is 8. The number of hydrogen-bond acceptors (Lipinski definition) is 1. The van der Waals surface area contributed by atoms with Crippen molar-refractivity contribution in [1.82, 2.24) is 0 Å². The van der Waals surface area contributed by atoms with E-state index in [1.54, 1.807) is 0 Å². The quantitative estimate of drug-likeness (QED) is 0.632. The van der Waals surface area contributed by atoms with E-state index < -0.39 is 29.8 Å². The smallest absolute Gasteiger partial charge is 0.375 e. The molecule has 1 aliphatic rings. The number of aliphatic hydroxyl groups is 1. The first-order valence-corrected chi connectivity index (χ1v) is 2.99. The van der Waals surface area contributed by atoms with Crippen molar-refractivity contribution in [3.05, 3.63) is 6.10 Å². The molecule has 9 heteroatoms. The summed E-state index contributed by atoms with van der Waals surface area (Å²) in [6.45, 7) is 0. The van der Waals surface area contributed by atoms with Crippen molar-refractivity contribution in [3.63, 3.8) is 0 Å². The molecule has 0 saturated heterocycles. The van der Waals surface area contributed by atoms with Gasteiger partial charge in [-0.15, -0.1) is 0 Å². The van der Waals surface area contributed by atoms with E-state index in [0.29, 0.717) is 0 Å². The minimum absolute atomic E-state index is 3.51. The third kappa shape index (κ3) is 0.836. The summed E-state index contributed by atoms with van der Waals surface area (Å²) in [4.78, 5) is 0. The van der Waals surface area contributed by atoms with Crippen LogP contribution in [0.25, 0.3) is 0 Å². The molecular formula is C5HF8O. The molecule has 14 heavy (non-hydrogen) atoms. The third-order valence-corrected chi connectivity index (χ3v) is 1.78. The maximum Gasteiger partial charge on any atom is 0.381 e. The van der Waals surface area contributed by atoms with Crippen molar-refractivity contribution >= 4 is 0 Å². The molecule has 0 aliphatic heterocycles. The van der Waals surface area contributed by atoms with Crippen LogP contribution in [0.1, 0.15) is 0 Å². The summed E-state index contributed by atoms with van der Waals surface area (Å²) in [7, 11) is 0. The molecule has 0 unspecified atom stereocenters. The van der Waals surface area contributed by atoms with Gasteiger partial charge in [0.2, 0.25) is 6.10 Å². The predicted octanol–water partition coefficient (Wildman–Crippen LogP) is 2.45. The van der Waals surface area contributed by atoms with Gasteiger partial charge >= 0.3 is 23.7 Å². The van der Waals surface area contributed by atoms with Crippen LogP contribution in [0.3, 0.4) is 0 Å². The van der Waals surface area contributed by atoms with Gasteiger partial charge < -0.3 is 5.11 Å². The van der Waals surface area contributed by atoms with E-state index in [0.717, 1.165) is 0 Å². The largest absolute Gasteiger partial charge is 0.381 e. The highest BCUT2D eigenvalue weighted by Crippen LogP contribution is 2.65. The second-order valence-electron chi connectivity index (χ2n) is 2.65. The molecule has 0 aromatic carbocycles. The standard InChI is InChI=1S/C5HF8O/c6-2(7)1(14)3(8,9)5(12,13)4(2,10)11/h14H. The van der Waals surface area contributed by atoms with E-state index in [4.69, 9.17) is 5.11 Å². The van der Waals surface area contributed by atoms with Crippen LogP contribution in [0, 0.1) is 6.10 Å². The molecule has 0 amide bonds. The van der Waals surface area contributed by atoms with Gasteiger partial charge in [0.1, 0.15) is 0 Å². The molecule has 1 fully saturated rings. The average molecular weight is 229 g/mol. The molecule has 1 radical (unpaired) electrons. The van der Waals surface area contributed by atoms with Crippen molar-refractivity contribution < 1.29 is 40.2 Å². The van der Waals surface area contributed by atoms with Crippen LogP contribution in [0.2, 0.25) is 0 Å². The Kier molecular flexibility index (Phi) is 1.90. The average Bonchev–Trinajstić information content (AvgIpc) is 2.05. The Labute approximate surface area is 71.3 Å². The van der Waals surface area contributed by atoms with Gasteiger partial charge in [0.05, 0.1) is 0 Å². The molecule has 1 N–H and O–H groups in total. The lowest BCUT2D eigenvalue weighted by molar-refractivity contribution is -0.303. The minimum Gasteiger partial charge on any atom is -0.375 e. The Morgan fingerprint density at radius 2 is 0.857 bits per heavy atom. The van der Waals surface area contributed by atoms with Gasteiger partial charge in [-0.1, -0.05) is 0 Å². The van der Waals surface area contributed by atoms with Crippen LogP contribution in [-0.2, 0) is 0 Å². The molecule has 0 bridgehead atoms. The zero-order chi connectivity index (χ0) is 11.6. The highest BCUT2D eigenvalue weighted by Gasteiger charge is 2.94. The van der Waals surface area contributed by atoms with Crippen molar-refractivity contribution in [2.75, 3.05) is 0 Å². The Hall–Kier alpha value is -0.600. The Bertz CT molecular complexity index is 232. The summed E-state index contributed by atoms with van der Waals surface area (Å²) in [5, 5.41) is 7.91. The highest BCUT2D eigenvalue weighted by atomic mass is 19.4. The number of aliphatic hydroxyl groups excluding tert-OH is 1. The lowest BCUT2D eigenvalue weighted by Crippen LogP contribution is -2.51. The molecular weight excluding hydrogens is 228 g/mol. The minimum atomic E-state index is -6.31. The Morgan fingerprint density at radius 1 is 0.643 bits per heavy atom. The zero-order valence-corrected chi connectivity index (χ0v) is 5.97. The fourth-order valence-electron chi connectivity index (χ4n) is 0.889. The molecule has 83 valence electrons. The van der Waals surface area contributed by atoms with Gasteiger partial charge in [0.25, 0.3) is 0 Å². The van der Waals surface area contributed by atoms with Crippen LogP contribution < -0.4 is 0 Å². The second kappa shape index (κ2) is 2.31. The van der Waals surface area contributed by atoms with E-state index in [1.807, 2.05) is 0 Å². The third-order valence-electron chi connectivity index (χ3n) is 1.78. The number of halogens is 8. The van der Waals surface area contributed by atoms with E-state index in [2.05, 4.69) is 0 Å². The summed E-state index contributed by atoms with van der Waals surface area (Å²) >= 11 is 0. The lowest BCUT2D eigenvalue weighted by Gasteiger charge is -2.23. The van der Waals surface area contributed by atoms with Crippen LogP contribution in [-0.4, -0.2) is 28.8 Å². The molecule has 1 nitrogen and oxygen atoms in total. The highest BCUT2D eigenvalue weighted by molar-refractivity contribution is 5.27. The molecule has 0 spiro atoms. The lowest BCUT2D eigenvalue weighted by atomic mass is 10.2. The van der Waals surface area contributed by atoms with Crippen molar-refractivity contribution in [1.29, 1.82) is 0 Å². The molecule has 0 aromatic rings. The fourth-order valence-corrected chi connectivity index (χ4v) is 0.889. The number of rotatable bonds is 0. The maximum absolute atomic E-state index is 12.1. The fraction of sp³-hybridized carbons (Fsp3) is 0.800. The number of hydrogen-bond donors (Lipinski definition) is 1. The summed E-state index contributed by atoms with van der Waals surface area (Å²) < 4.78 is 96.8. The summed E-state index contributed by atoms with van der Waals surface area (Å²) in [6, 6.07) is 0. The predicted molar refractivity (Wildman–Crippen MR) is 25.0 cm³/mol. The monoisotopic (exact) mass is 229 g/mol. The van der Waals surface area contributed by atoms with Gasteiger partial charge in [-0.3, -0.25) is 0 Å². The maximum atomic E-state index is 12.1. The van der Waals surface area contributed by atoms with Crippen molar-refractivity contribution in [2.24, 2.45) is 0 Å².